The van der Waals surface area contributed by atoms with Crippen LogP contribution >= 0.6 is 23.1 Å². The Labute approximate surface area is 261 Å². The van der Waals surface area contributed by atoms with Crippen LogP contribution in [0, 0.1) is 5.92 Å². The normalized spacial score (nSPS) is 21.2. The smallest absolute Gasteiger partial charge is 0.338 e. The number of thioether (sulfide) groups is 1. The fourth-order valence-electron chi connectivity index (χ4n) is 6.10. The van der Waals surface area contributed by atoms with Gasteiger partial charge in [0.2, 0.25) is 17.7 Å². The second-order valence-corrected chi connectivity index (χ2v) is 12.9. The van der Waals surface area contributed by atoms with Crippen LogP contribution in [0.5, 0.6) is 11.5 Å². The Balaban J connectivity index is 1.41. The molecule has 3 aromatic rings. The first-order valence-corrected chi connectivity index (χ1v) is 16.1. The minimum atomic E-state index is -0.880. The molecule has 4 heterocycles. The number of benzene rings is 2. The number of fused-ring (bicyclic) bond motifs is 2. The average Bonchev–Trinajstić information content (AvgIpc) is 3.48. The number of esters is 1. The van der Waals surface area contributed by atoms with Crippen molar-refractivity contribution in [1.82, 2.24) is 9.47 Å². The molecule has 2 fully saturated rings. The number of amides is 3. The molecule has 3 unspecified atom stereocenters. The minimum Gasteiger partial charge on any atom is -0.504 e. The molecule has 3 atom stereocenters. The SMILES string of the molecule is CCOC(=O)c1ccc(N2C(=O)C3Sc4c(sc(=O)n4CC(=O)N4CCCCC4)C(c4ccc(O)c(OC)c4)C3C2=O)cc1. The van der Waals surface area contributed by atoms with E-state index in [1.807, 2.05) is 0 Å². The predicted molar refractivity (Wildman–Crippen MR) is 164 cm³/mol. The van der Waals surface area contributed by atoms with E-state index in [0.29, 0.717) is 39.8 Å². The maximum absolute atomic E-state index is 14.1. The van der Waals surface area contributed by atoms with Gasteiger partial charge in [0.1, 0.15) is 11.8 Å². The van der Waals surface area contributed by atoms with Gasteiger partial charge < -0.3 is 19.5 Å². The second-order valence-electron chi connectivity index (χ2n) is 10.8. The summed E-state index contributed by atoms with van der Waals surface area (Å²) in [5, 5.41) is 9.89. The molecule has 0 saturated carbocycles. The van der Waals surface area contributed by atoms with Gasteiger partial charge in [-0.3, -0.25) is 23.7 Å². The summed E-state index contributed by atoms with van der Waals surface area (Å²) in [7, 11) is 1.41. The van der Waals surface area contributed by atoms with Crippen molar-refractivity contribution >= 4 is 52.5 Å². The molecule has 3 aliphatic rings. The van der Waals surface area contributed by atoms with Crippen LogP contribution in [-0.4, -0.2) is 70.3 Å². The van der Waals surface area contributed by atoms with Gasteiger partial charge >= 0.3 is 10.8 Å². The number of nitrogens with zero attached hydrogens (tertiary/aromatic N) is 3. The quantitative estimate of drug-likeness (QED) is 0.305. The molecule has 2 saturated heterocycles. The van der Waals surface area contributed by atoms with E-state index in [1.165, 1.54) is 42.0 Å². The number of aromatic nitrogens is 1. The Kier molecular flexibility index (Phi) is 8.25. The van der Waals surface area contributed by atoms with Crippen molar-refractivity contribution in [3.63, 3.8) is 0 Å². The molecule has 0 aliphatic carbocycles. The number of rotatable bonds is 7. The maximum Gasteiger partial charge on any atom is 0.338 e. The molecule has 0 bridgehead atoms. The molecule has 6 rings (SSSR count). The Morgan fingerprint density at radius 1 is 1.00 bits per heavy atom. The minimum absolute atomic E-state index is 0.0896. The monoisotopic (exact) mass is 637 g/mol. The van der Waals surface area contributed by atoms with Gasteiger partial charge in [-0.25, -0.2) is 9.69 Å². The molecule has 1 aromatic heterocycles. The summed E-state index contributed by atoms with van der Waals surface area (Å²) >= 11 is 2.10. The highest BCUT2D eigenvalue weighted by Gasteiger charge is 2.57. The molecule has 44 heavy (non-hydrogen) atoms. The Morgan fingerprint density at radius 2 is 1.73 bits per heavy atom. The number of carbonyl (C=O) groups excluding carboxylic acids is 4. The Bertz CT molecular complexity index is 1690. The first kappa shape index (κ1) is 29.9. The van der Waals surface area contributed by atoms with Crippen LogP contribution in [0.2, 0.25) is 0 Å². The average molecular weight is 638 g/mol. The number of piperidine rings is 1. The standard InChI is InChI=1S/C31H31N3O8S2/c1-3-42-30(39)17-7-10-19(11-8-17)34-27(37)24-23(18-9-12-20(35)21(15-18)41-2)26-29(43-25(24)28(34)38)33(31(40)44-26)16-22(36)32-13-5-4-6-14-32/h7-12,15,23-25,35H,3-6,13-14,16H2,1-2H3. The molecular weight excluding hydrogens is 606 g/mol. The third kappa shape index (κ3) is 5.17. The lowest BCUT2D eigenvalue weighted by Gasteiger charge is -2.31. The van der Waals surface area contributed by atoms with Crippen LogP contribution in [0.1, 0.15) is 52.9 Å². The lowest BCUT2D eigenvalue weighted by molar-refractivity contribution is -0.133. The van der Waals surface area contributed by atoms with Crippen molar-refractivity contribution in [2.24, 2.45) is 5.92 Å². The number of thiazole rings is 1. The van der Waals surface area contributed by atoms with E-state index in [-0.39, 0.29) is 35.4 Å². The molecule has 2 aromatic carbocycles. The summed E-state index contributed by atoms with van der Waals surface area (Å²) in [5.41, 5.74) is 1.19. The zero-order valence-electron chi connectivity index (χ0n) is 24.2. The number of carbonyl (C=O) groups is 4. The molecule has 3 amide bonds. The second kappa shape index (κ2) is 12.1. The number of methoxy groups -OCH3 is 1. The third-order valence-corrected chi connectivity index (χ3v) is 10.9. The van der Waals surface area contributed by atoms with E-state index < -0.39 is 34.9 Å². The predicted octanol–water partition coefficient (Wildman–Crippen LogP) is 3.61. The van der Waals surface area contributed by atoms with E-state index in [9.17, 15) is 29.1 Å². The van der Waals surface area contributed by atoms with Gasteiger partial charge in [-0.15, -0.1) is 0 Å². The lowest BCUT2D eigenvalue weighted by atomic mass is 9.83. The highest BCUT2D eigenvalue weighted by molar-refractivity contribution is 8.00. The number of ether oxygens (including phenoxy) is 2. The number of phenolic OH excluding ortho intramolecular Hbond substituents is 1. The van der Waals surface area contributed by atoms with Gasteiger partial charge in [0.15, 0.2) is 11.5 Å². The fraction of sp³-hybridized carbons (Fsp3) is 0.387. The van der Waals surface area contributed by atoms with Gasteiger partial charge in [-0.2, -0.15) is 0 Å². The number of phenols is 1. The van der Waals surface area contributed by atoms with E-state index in [0.717, 1.165) is 47.3 Å². The van der Waals surface area contributed by atoms with Gasteiger partial charge in [-0.05, 0) is 68.1 Å². The lowest BCUT2D eigenvalue weighted by Crippen LogP contribution is -2.39. The van der Waals surface area contributed by atoms with Crippen LogP contribution in [0.4, 0.5) is 5.69 Å². The molecule has 230 valence electrons. The number of hydrogen-bond donors (Lipinski definition) is 1. The van der Waals surface area contributed by atoms with Gasteiger partial charge in [0.25, 0.3) is 0 Å². The Hall–Kier alpha value is -4.10. The zero-order chi connectivity index (χ0) is 31.1. The molecule has 0 radical (unpaired) electrons. The first-order valence-electron chi connectivity index (χ1n) is 14.4. The van der Waals surface area contributed by atoms with Crippen LogP contribution in [0.25, 0.3) is 0 Å². The first-order chi connectivity index (χ1) is 21.2. The van der Waals surface area contributed by atoms with Gasteiger partial charge in [-0.1, -0.05) is 29.2 Å². The molecular formula is C31H31N3O8S2. The summed E-state index contributed by atoms with van der Waals surface area (Å²) in [5.74, 6) is -3.06. The molecule has 13 heteroatoms. The van der Waals surface area contributed by atoms with Crippen molar-refractivity contribution in [2.45, 2.75) is 48.9 Å². The molecule has 0 spiro atoms. The largest absolute Gasteiger partial charge is 0.504 e. The van der Waals surface area contributed by atoms with Crippen molar-refractivity contribution < 1.29 is 33.8 Å². The number of likely N-dealkylation sites (tertiary alicyclic amines) is 1. The zero-order valence-corrected chi connectivity index (χ0v) is 25.8. The molecule has 1 N–H and O–H groups in total. The number of imide groups is 1. The van der Waals surface area contributed by atoms with Crippen LogP contribution in [0.15, 0.2) is 52.3 Å². The number of hydrogen-bond acceptors (Lipinski definition) is 10. The maximum atomic E-state index is 14.1. The van der Waals surface area contributed by atoms with E-state index in [1.54, 1.807) is 24.0 Å². The summed E-state index contributed by atoms with van der Waals surface area (Å²) in [6.07, 6.45) is 2.89. The number of aromatic hydroxyl groups is 1. The third-order valence-electron chi connectivity index (χ3n) is 8.25. The van der Waals surface area contributed by atoms with E-state index in [4.69, 9.17) is 9.47 Å². The Morgan fingerprint density at radius 3 is 2.41 bits per heavy atom. The summed E-state index contributed by atoms with van der Waals surface area (Å²) in [6, 6.07) is 10.8. The summed E-state index contributed by atoms with van der Waals surface area (Å²) in [6.45, 7) is 3.05. The van der Waals surface area contributed by atoms with Crippen LogP contribution in [0.3, 0.4) is 0 Å². The van der Waals surface area contributed by atoms with Crippen molar-refractivity contribution in [3.8, 4) is 11.5 Å². The van der Waals surface area contributed by atoms with E-state index in [2.05, 4.69) is 0 Å². The van der Waals surface area contributed by atoms with Gasteiger partial charge in [0.05, 0.1) is 35.9 Å². The van der Waals surface area contributed by atoms with Crippen molar-refractivity contribution in [2.75, 3.05) is 31.7 Å². The number of anilines is 1. The van der Waals surface area contributed by atoms with Gasteiger partial charge in [0, 0.05) is 23.9 Å². The summed E-state index contributed by atoms with van der Waals surface area (Å²) in [4.78, 5) is 70.1. The van der Waals surface area contributed by atoms with E-state index >= 15 is 0 Å². The highest BCUT2D eigenvalue weighted by Crippen LogP contribution is 2.54. The fourth-order valence-corrected chi connectivity index (χ4v) is 8.87. The topological polar surface area (TPSA) is 135 Å². The molecule has 3 aliphatic heterocycles. The van der Waals surface area contributed by atoms with Crippen LogP contribution < -0.4 is 14.5 Å². The van der Waals surface area contributed by atoms with Crippen LogP contribution in [-0.2, 0) is 25.7 Å². The van der Waals surface area contributed by atoms with Crippen molar-refractivity contribution in [3.05, 3.63) is 68.1 Å². The molecule has 11 nitrogen and oxygen atoms in total. The highest BCUT2D eigenvalue weighted by atomic mass is 32.2. The summed E-state index contributed by atoms with van der Waals surface area (Å²) < 4.78 is 11.8. The van der Waals surface area contributed by atoms with Crippen molar-refractivity contribution in [1.29, 1.82) is 0 Å².